The second-order valence-electron chi connectivity index (χ2n) is 5.09. The smallest absolute Gasteiger partial charge is 0.0371 e. The van der Waals surface area contributed by atoms with Gasteiger partial charge in [0.15, 0.2) is 0 Å². The van der Waals surface area contributed by atoms with Crippen LogP contribution >= 0.6 is 0 Å². The molecule has 1 aromatic rings. The minimum atomic E-state index is 0.646. The van der Waals surface area contributed by atoms with E-state index in [-0.39, 0.29) is 0 Å². The predicted octanol–water partition coefficient (Wildman–Crippen LogP) is 2.67. The van der Waals surface area contributed by atoms with Crippen molar-refractivity contribution < 1.29 is 0 Å². The van der Waals surface area contributed by atoms with Crippen LogP contribution in [0.25, 0.3) is 0 Å². The molecule has 0 aliphatic carbocycles. The number of piperidine rings is 1. The van der Waals surface area contributed by atoms with Crippen LogP contribution < -0.4 is 10.6 Å². The monoisotopic (exact) mass is 216 g/mol. The van der Waals surface area contributed by atoms with Gasteiger partial charge in [-0.15, -0.1) is 0 Å². The molecule has 2 heterocycles. The highest BCUT2D eigenvalue weighted by Gasteiger charge is 2.36. The van der Waals surface area contributed by atoms with Crippen LogP contribution in [0.2, 0.25) is 0 Å². The Morgan fingerprint density at radius 1 is 1.00 bits per heavy atom. The van der Waals surface area contributed by atoms with E-state index in [1.165, 1.54) is 43.4 Å². The number of hydrogen-bond donors (Lipinski definition) is 1. The molecule has 0 saturated carbocycles. The van der Waals surface area contributed by atoms with E-state index in [4.69, 9.17) is 5.73 Å². The first kappa shape index (κ1) is 10.2. The Kier molecular flexibility index (Phi) is 2.60. The van der Waals surface area contributed by atoms with Crippen molar-refractivity contribution in [1.29, 1.82) is 0 Å². The molecule has 3 rings (SSSR count). The van der Waals surface area contributed by atoms with Gasteiger partial charge in [-0.3, -0.25) is 0 Å². The predicted molar refractivity (Wildman–Crippen MR) is 67.5 cm³/mol. The molecule has 2 unspecified atom stereocenters. The van der Waals surface area contributed by atoms with Crippen LogP contribution in [-0.4, -0.2) is 12.1 Å². The maximum Gasteiger partial charge on any atom is 0.0371 e. The lowest BCUT2D eigenvalue weighted by atomic mass is 10.0. The summed E-state index contributed by atoms with van der Waals surface area (Å²) >= 11 is 0. The Bertz CT molecular complexity index is 342. The average Bonchev–Trinajstić information content (AvgIpc) is 2.59. The van der Waals surface area contributed by atoms with Crippen molar-refractivity contribution in [2.45, 2.75) is 50.7 Å². The van der Waals surface area contributed by atoms with E-state index in [2.05, 4.69) is 29.2 Å². The molecule has 16 heavy (non-hydrogen) atoms. The fourth-order valence-electron chi connectivity index (χ4n) is 3.34. The normalized spacial score (nSPS) is 28.4. The first-order chi connectivity index (χ1) is 7.88. The lowest BCUT2D eigenvalue weighted by Crippen LogP contribution is -2.39. The van der Waals surface area contributed by atoms with Crippen LogP contribution in [0, 0.1) is 0 Å². The minimum absolute atomic E-state index is 0.646. The van der Waals surface area contributed by atoms with E-state index in [0.717, 1.165) is 12.1 Å². The average molecular weight is 216 g/mol. The topological polar surface area (TPSA) is 29.3 Å². The maximum absolute atomic E-state index is 5.63. The molecule has 2 nitrogen and oxygen atoms in total. The van der Waals surface area contributed by atoms with Crippen molar-refractivity contribution in [2.75, 3.05) is 4.90 Å². The number of benzene rings is 1. The van der Waals surface area contributed by atoms with Crippen molar-refractivity contribution in [3.8, 4) is 0 Å². The summed E-state index contributed by atoms with van der Waals surface area (Å²) in [5, 5.41) is 0. The van der Waals surface area contributed by atoms with E-state index in [0.29, 0.717) is 6.54 Å². The quantitative estimate of drug-likeness (QED) is 0.823. The summed E-state index contributed by atoms with van der Waals surface area (Å²) in [5.74, 6) is 0. The van der Waals surface area contributed by atoms with E-state index in [9.17, 15) is 0 Å². The van der Waals surface area contributed by atoms with Crippen molar-refractivity contribution >= 4 is 5.69 Å². The molecule has 2 atom stereocenters. The molecule has 2 heteroatoms. The Hall–Kier alpha value is -1.02. The number of nitrogens with zero attached hydrogens (tertiary/aromatic N) is 1. The van der Waals surface area contributed by atoms with Gasteiger partial charge in [0.2, 0.25) is 0 Å². The van der Waals surface area contributed by atoms with Gasteiger partial charge >= 0.3 is 0 Å². The van der Waals surface area contributed by atoms with Gasteiger partial charge in [0.05, 0.1) is 0 Å². The zero-order valence-corrected chi connectivity index (χ0v) is 9.73. The number of fused-ring (bicyclic) bond motifs is 2. The SMILES string of the molecule is NCc1ccc(N2C3CCCC2CC3)cc1. The number of rotatable bonds is 2. The first-order valence-corrected chi connectivity index (χ1v) is 6.46. The molecule has 2 saturated heterocycles. The minimum Gasteiger partial charge on any atom is -0.366 e. The van der Waals surface area contributed by atoms with Gasteiger partial charge < -0.3 is 10.6 Å². The highest BCUT2D eigenvalue weighted by molar-refractivity contribution is 5.51. The van der Waals surface area contributed by atoms with Gasteiger partial charge in [-0.25, -0.2) is 0 Å². The van der Waals surface area contributed by atoms with Gasteiger partial charge in [-0.1, -0.05) is 12.1 Å². The Morgan fingerprint density at radius 3 is 2.19 bits per heavy atom. The molecule has 0 spiro atoms. The Morgan fingerprint density at radius 2 is 1.62 bits per heavy atom. The highest BCUT2D eigenvalue weighted by Crippen LogP contribution is 2.38. The van der Waals surface area contributed by atoms with Crippen molar-refractivity contribution in [3.63, 3.8) is 0 Å². The second kappa shape index (κ2) is 4.10. The molecular weight excluding hydrogens is 196 g/mol. The number of nitrogens with two attached hydrogens (primary N) is 1. The molecule has 2 aliphatic rings. The molecule has 2 fully saturated rings. The second-order valence-corrected chi connectivity index (χ2v) is 5.09. The summed E-state index contributed by atoms with van der Waals surface area (Å²) in [5.41, 5.74) is 8.27. The lowest BCUT2D eigenvalue weighted by Gasteiger charge is -2.36. The Labute approximate surface area is 97.4 Å². The lowest BCUT2D eigenvalue weighted by molar-refractivity contribution is 0.468. The zero-order chi connectivity index (χ0) is 11.0. The van der Waals surface area contributed by atoms with E-state index in [1.54, 1.807) is 0 Å². The summed E-state index contributed by atoms with van der Waals surface area (Å²) in [6.45, 7) is 0.646. The third-order valence-corrected chi connectivity index (χ3v) is 4.16. The third-order valence-electron chi connectivity index (χ3n) is 4.16. The van der Waals surface area contributed by atoms with Crippen LogP contribution in [0.15, 0.2) is 24.3 Å². The summed E-state index contributed by atoms with van der Waals surface area (Å²) in [4.78, 5) is 2.66. The highest BCUT2D eigenvalue weighted by atomic mass is 15.2. The van der Waals surface area contributed by atoms with Crippen LogP contribution in [0.3, 0.4) is 0 Å². The van der Waals surface area contributed by atoms with Crippen LogP contribution in [-0.2, 0) is 6.54 Å². The maximum atomic E-state index is 5.63. The van der Waals surface area contributed by atoms with Crippen LogP contribution in [0.5, 0.6) is 0 Å². The van der Waals surface area contributed by atoms with Gasteiger partial charge in [0, 0.05) is 24.3 Å². The largest absolute Gasteiger partial charge is 0.366 e. The van der Waals surface area contributed by atoms with Crippen LogP contribution in [0.1, 0.15) is 37.7 Å². The fraction of sp³-hybridized carbons (Fsp3) is 0.571. The molecule has 0 aromatic heterocycles. The van der Waals surface area contributed by atoms with Gasteiger partial charge in [0.25, 0.3) is 0 Å². The summed E-state index contributed by atoms with van der Waals surface area (Å²) < 4.78 is 0. The van der Waals surface area contributed by atoms with E-state index < -0.39 is 0 Å². The van der Waals surface area contributed by atoms with Gasteiger partial charge in [-0.2, -0.15) is 0 Å². The molecule has 0 radical (unpaired) electrons. The van der Waals surface area contributed by atoms with Crippen LogP contribution in [0.4, 0.5) is 5.69 Å². The van der Waals surface area contributed by atoms with E-state index >= 15 is 0 Å². The molecule has 2 aliphatic heterocycles. The van der Waals surface area contributed by atoms with E-state index in [1.807, 2.05) is 0 Å². The molecular formula is C14H20N2. The molecule has 0 amide bonds. The molecule has 2 bridgehead atoms. The summed E-state index contributed by atoms with van der Waals surface area (Å²) in [6, 6.07) is 10.5. The fourth-order valence-corrected chi connectivity index (χ4v) is 3.34. The van der Waals surface area contributed by atoms with Crippen molar-refractivity contribution in [3.05, 3.63) is 29.8 Å². The number of hydrogen-bond acceptors (Lipinski definition) is 2. The molecule has 1 aromatic carbocycles. The summed E-state index contributed by atoms with van der Waals surface area (Å²) in [7, 11) is 0. The third kappa shape index (κ3) is 1.61. The standard InChI is InChI=1S/C14H20N2/c15-10-11-4-6-14(7-5-11)16-12-2-1-3-13(16)9-8-12/h4-7,12-13H,1-3,8-10,15H2. The van der Waals surface area contributed by atoms with Crippen molar-refractivity contribution in [2.24, 2.45) is 5.73 Å². The van der Waals surface area contributed by atoms with Crippen molar-refractivity contribution in [1.82, 2.24) is 0 Å². The molecule has 86 valence electrons. The van der Waals surface area contributed by atoms with Gasteiger partial charge in [0.1, 0.15) is 0 Å². The summed E-state index contributed by atoms with van der Waals surface area (Å²) in [6.07, 6.45) is 6.98. The zero-order valence-electron chi connectivity index (χ0n) is 9.73. The Balaban J connectivity index is 1.86. The van der Waals surface area contributed by atoms with Gasteiger partial charge in [-0.05, 0) is 49.8 Å². The first-order valence-electron chi connectivity index (χ1n) is 6.46. The molecule has 2 N–H and O–H groups in total. The number of anilines is 1.